The number of hydrogen-bond acceptors (Lipinski definition) is 6. The number of likely N-dealkylation sites (tertiary alicyclic amines) is 1. The normalized spacial score (nSPS) is 20.8. The molecule has 5 rings (SSSR count). The number of benzene rings is 3. The Labute approximate surface area is 248 Å². The highest BCUT2D eigenvalue weighted by atomic mass is 35.5. The van der Waals surface area contributed by atoms with Crippen LogP contribution in [0.2, 0.25) is 5.02 Å². The molecule has 0 saturated carbocycles. The van der Waals surface area contributed by atoms with Crippen LogP contribution in [0.3, 0.4) is 0 Å². The standard InChI is InChI=1S/C32H33ClFNO5S/c1-2-39-24-9-5-20(6-10-24)15-23-16-21(7-11-25(23)33)28-18-27(36)31(37)29(40-28)19-41-30-17-22(8-12-26(30)34)32(38)35-13-3-4-14-35/h5-12,16-17,28-29,31,37H,2-4,13-15,18-19H2,1H3. The van der Waals surface area contributed by atoms with Crippen LogP contribution in [0, 0.1) is 5.82 Å². The third kappa shape index (κ3) is 7.12. The molecule has 1 amide bonds. The average Bonchev–Trinajstić information content (AvgIpc) is 3.52. The summed E-state index contributed by atoms with van der Waals surface area (Å²) in [4.78, 5) is 27.6. The monoisotopic (exact) mass is 597 g/mol. The lowest BCUT2D eigenvalue weighted by Gasteiger charge is -2.33. The summed E-state index contributed by atoms with van der Waals surface area (Å²) in [6, 6.07) is 17.7. The molecule has 2 fully saturated rings. The van der Waals surface area contributed by atoms with Crippen LogP contribution >= 0.6 is 23.4 Å². The van der Waals surface area contributed by atoms with Gasteiger partial charge in [0.15, 0.2) is 5.78 Å². The molecule has 2 heterocycles. The van der Waals surface area contributed by atoms with Crippen LogP contribution in [0.25, 0.3) is 0 Å². The highest BCUT2D eigenvalue weighted by molar-refractivity contribution is 7.99. The summed E-state index contributed by atoms with van der Waals surface area (Å²) in [5.74, 6) is 0.0507. The predicted octanol–water partition coefficient (Wildman–Crippen LogP) is 6.26. The van der Waals surface area contributed by atoms with Crippen molar-refractivity contribution in [1.82, 2.24) is 4.90 Å². The van der Waals surface area contributed by atoms with Gasteiger partial charge in [-0.15, -0.1) is 11.8 Å². The molecule has 6 nitrogen and oxygen atoms in total. The number of hydrogen-bond donors (Lipinski definition) is 1. The van der Waals surface area contributed by atoms with Gasteiger partial charge < -0.3 is 19.5 Å². The summed E-state index contributed by atoms with van der Waals surface area (Å²) in [5, 5.41) is 11.2. The van der Waals surface area contributed by atoms with Gasteiger partial charge in [-0.25, -0.2) is 4.39 Å². The molecule has 41 heavy (non-hydrogen) atoms. The van der Waals surface area contributed by atoms with E-state index in [1.807, 2.05) is 43.3 Å². The molecular weight excluding hydrogens is 565 g/mol. The second-order valence-corrected chi connectivity index (χ2v) is 11.8. The maximum Gasteiger partial charge on any atom is 0.253 e. The maximum absolute atomic E-state index is 14.7. The molecule has 2 aliphatic rings. The van der Waals surface area contributed by atoms with Gasteiger partial charge in [0.1, 0.15) is 23.8 Å². The first-order valence-corrected chi connectivity index (χ1v) is 15.3. The summed E-state index contributed by atoms with van der Waals surface area (Å²) < 4.78 is 26.4. The van der Waals surface area contributed by atoms with Gasteiger partial charge in [0.2, 0.25) is 0 Å². The third-order valence-electron chi connectivity index (χ3n) is 7.45. The maximum atomic E-state index is 14.7. The molecule has 3 atom stereocenters. The Kier molecular flexibility index (Phi) is 9.65. The summed E-state index contributed by atoms with van der Waals surface area (Å²) >= 11 is 7.65. The van der Waals surface area contributed by atoms with E-state index in [2.05, 4.69) is 0 Å². The van der Waals surface area contributed by atoms with Gasteiger partial charge in [-0.3, -0.25) is 9.59 Å². The molecule has 1 N–H and O–H groups in total. The average molecular weight is 598 g/mol. The van der Waals surface area contributed by atoms with Crippen molar-refractivity contribution >= 4 is 35.1 Å². The van der Waals surface area contributed by atoms with Crippen molar-refractivity contribution in [3.63, 3.8) is 0 Å². The van der Waals surface area contributed by atoms with E-state index in [1.165, 1.54) is 12.1 Å². The number of aliphatic hydroxyl groups excluding tert-OH is 1. The molecule has 0 aliphatic carbocycles. The van der Waals surface area contributed by atoms with Crippen molar-refractivity contribution < 1.29 is 28.6 Å². The minimum Gasteiger partial charge on any atom is -0.494 e. The molecule has 9 heteroatoms. The van der Waals surface area contributed by atoms with Gasteiger partial charge in [-0.1, -0.05) is 35.9 Å². The van der Waals surface area contributed by atoms with Crippen molar-refractivity contribution in [3.8, 4) is 5.75 Å². The highest BCUT2D eigenvalue weighted by Crippen LogP contribution is 2.35. The number of ether oxygens (including phenoxy) is 2. The minimum atomic E-state index is -1.31. The van der Waals surface area contributed by atoms with E-state index in [9.17, 15) is 19.1 Å². The minimum absolute atomic E-state index is 0.0284. The van der Waals surface area contributed by atoms with Gasteiger partial charge in [0.05, 0.1) is 12.7 Å². The number of halogens is 2. The van der Waals surface area contributed by atoms with Crippen LogP contribution in [0.1, 0.15) is 59.3 Å². The molecule has 216 valence electrons. The van der Waals surface area contributed by atoms with Gasteiger partial charge in [-0.2, -0.15) is 0 Å². The van der Waals surface area contributed by atoms with E-state index in [0.29, 0.717) is 36.7 Å². The molecule has 3 aromatic carbocycles. The topological polar surface area (TPSA) is 76.1 Å². The Hall–Kier alpha value is -2.91. The third-order valence-corrected chi connectivity index (χ3v) is 8.94. The Morgan fingerprint density at radius 2 is 1.88 bits per heavy atom. The lowest BCUT2D eigenvalue weighted by molar-refractivity contribution is -0.155. The predicted molar refractivity (Wildman–Crippen MR) is 157 cm³/mol. The first-order valence-electron chi connectivity index (χ1n) is 13.9. The van der Waals surface area contributed by atoms with Crippen molar-refractivity contribution in [2.24, 2.45) is 0 Å². The number of carbonyl (C=O) groups is 2. The lowest BCUT2D eigenvalue weighted by atomic mass is 9.93. The van der Waals surface area contributed by atoms with Gasteiger partial charge in [0, 0.05) is 40.7 Å². The summed E-state index contributed by atoms with van der Waals surface area (Å²) in [6.07, 6.45) is -0.163. The van der Waals surface area contributed by atoms with E-state index in [1.54, 1.807) is 17.0 Å². The van der Waals surface area contributed by atoms with E-state index in [-0.39, 0.29) is 28.8 Å². The largest absolute Gasteiger partial charge is 0.494 e. The smallest absolute Gasteiger partial charge is 0.253 e. The number of ketones is 1. The number of amides is 1. The number of carbonyl (C=O) groups excluding carboxylic acids is 2. The Bertz CT molecular complexity index is 1400. The fraction of sp³-hybridized carbons (Fsp3) is 0.375. The zero-order valence-corrected chi connectivity index (χ0v) is 24.4. The number of aliphatic hydroxyl groups is 1. The molecule has 3 unspecified atom stereocenters. The molecule has 0 radical (unpaired) electrons. The number of Topliss-reactive ketones (excluding diaryl/α,β-unsaturated/α-hetero) is 1. The van der Waals surface area contributed by atoms with Crippen molar-refractivity contribution in [3.05, 3.63) is 93.8 Å². The summed E-state index contributed by atoms with van der Waals surface area (Å²) in [6.45, 7) is 3.95. The van der Waals surface area contributed by atoms with Gasteiger partial charge >= 0.3 is 0 Å². The Balaban J connectivity index is 1.27. The van der Waals surface area contributed by atoms with Crippen LogP contribution < -0.4 is 4.74 Å². The second-order valence-electron chi connectivity index (χ2n) is 10.3. The Morgan fingerprint density at radius 1 is 1.12 bits per heavy atom. The van der Waals surface area contributed by atoms with Crippen molar-refractivity contribution in [1.29, 1.82) is 0 Å². The van der Waals surface area contributed by atoms with E-state index in [4.69, 9.17) is 21.1 Å². The highest BCUT2D eigenvalue weighted by Gasteiger charge is 2.37. The fourth-order valence-corrected chi connectivity index (χ4v) is 6.42. The van der Waals surface area contributed by atoms with Crippen molar-refractivity contribution in [2.75, 3.05) is 25.4 Å². The molecule has 0 spiro atoms. The van der Waals surface area contributed by atoms with Crippen LogP contribution in [-0.2, 0) is 16.0 Å². The summed E-state index contributed by atoms with van der Waals surface area (Å²) in [7, 11) is 0. The molecule has 0 bridgehead atoms. The first kappa shape index (κ1) is 29.6. The second kappa shape index (κ2) is 13.4. The van der Waals surface area contributed by atoms with E-state index < -0.39 is 24.1 Å². The number of nitrogens with zero attached hydrogens (tertiary/aromatic N) is 1. The van der Waals surface area contributed by atoms with E-state index in [0.717, 1.165) is 47.0 Å². The first-order chi connectivity index (χ1) is 19.8. The zero-order chi connectivity index (χ0) is 28.9. The van der Waals surface area contributed by atoms with Gasteiger partial charge in [0.25, 0.3) is 5.91 Å². The van der Waals surface area contributed by atoms with Gasteiger partial charge in [-0.05, 0) is 79.3 Å². The Morgan fingerprint density at radius 3 is 2.61 bits per heavy atom. The number of thioether (sulfide) groups is 1. The molecule has 2 saturated heterocycles. The fourth-order valence-electron chi connectivity index (χ4n) is 5.21. The van der Waals surface area contributed by atoms with Crippen LogP contribution in [0.4, 0.5) is 4.39 Å². The molecular formula is C32H33ClFNO5S. The van der Waals surface area contributed by atoms with Crippen LogP contribution in [0.15, 0.2) is 65.6 Å². The molecule has 2 aliphatic heterocycles. The number of rotatable bonds is 9. The molecule has 3 aromatic rings. The SMILES string of the molecule is CCOc1ccc(Cc2cc(C3CC(=O)C(O)C(CSc4cc(C(=O)N5CCCC5)ccc4F)O3)ccc2Cl)cc1. The zero-order valence-electron chi connectivity index (χ0n) is 22.9. The lowest BCUT2D eigenvalue weighted by Crippen LogP contribution is -2.44. The van der Waals surface area contributed by atoms with Crippen LogP contribution in [0.5, 0.6) is 5.75 Å². The van der Waals surface area contributed by atoms with E-state index >= 15 is 0 Å². The quantitative estimate of drug-likeness (QED) is 0.294. The summed E-state index contributed by atoms with van der Waals surface area (Å²) in [5.41, 5.74) is 3.17. The van der Waals surface area contributed by atoms with Crippen LogP contribution in [-0.4, -0.2) is 59.4 Å². The molecule has 0 aromatic heterocycles. The van der Waals surface area contributed by atoms with Crippen molar-refractivity contribution in [2.45, 2.75) is 55.8 Å².